The van der Waals surface area contributed by atoms with Crippen LogP contribution in [0, 0.1) is 0 Å². The van der Waals surface area contributed by atoms with E-state index in [9.17, 15) is 4.79 Å². The molecule has 1 aromatic heterocycles. The van der Waals surface area contributed by atoms with Crippen LogP contribution in [-0.2, 0) is 0 Å². The van der Waals surface area contributed by atoms with E-state index < -0.39 is 5.56 Å². The first-order valence-corrected chi connectivity index (χ1v) is 3.93. The van der Waals surface area contributed by atoms with E-state index in [0.717, 1.165) is 6.42 Å². The van der Waals surface area contributed by atoms with Gasteiger partial charge < -0.3 is 16.2 Å². The Morgan fingerprint density at radius 3 is 2.85 bits per heavy atom. The Hall–Kier alpha value is -1.72. The first kappa shape index (κ1) is 9.37. The smallest absolute Gasteiger partial charge is 0.279 e. The molecule has 6 heteroatoms. The third-order valence-corrected chi connectivity index (χ3v) is 1.38. The van der Waals surface area contributed by atoms with Crippen molar-refractivity contribution in [3.8, 4) is 5.88 Å². The fourth-order valence-corrected chi connectivity index (χ4v) is 0.787. The summed E-state index contributed by atoms with van der Waals surface area (Å²) in [7, 11) is 0. The van der Waals surface area contributed by atoms with Gasteiger partial charge in [0.15, 0.2) is 5.69 Å². The number of nitrogen functional groups attached to an aromatic ring is 2. The van der Waals surface area contributed by atoms with Crippen LogP contribution in [0.1, 0.15) is 13.3 Å². The van der Waals surface area contributed by atoms with Crippen molar-refractivity contribution in [1.29, 1.82) is 0 Å². The molecule has 0 atom stereocenters. The monoisotopic (exact) mass is 184 g/mol. The number of rotatable bonds is 3. The van der Waals surface area contributed by atoms with Crippen LogP contribution in [-0.4, -0.2) is 16.6 Å². The maximum Gasteiger partial charge on any atom is 0.279 e. The lowest BCUT2D eigenvalue weighted by Crippen LogP contribution is -2.17. The molecule has 1 heterocycles. The zero-order valence-corrected chi connectivity index (χ0v) is 7.33. The highest BCUT2D eigenvalue weighted by Gasteiger charge is 2.06. The van der Waals surface area contributed by atoms with Crippen LogP contribution in [0.5, 0.6) is 5.88 Å². The summed E-state index contributed by atoms with van der Waals surface area (Å²) in [5, 5.41) is 0. The number of aromatic amines is 1. The summed E-state index contributed by atoms with van der Waals surface area (Å²) in [5.74, 6) is 0.105. The molecule has 0 unspecified atom stereocenters. The normalized spacial score (nSPS) is 9.92. The van der Waals surface area contributed by atoms with Crippen LogP contribution in [0.15, 0.2) is 4.79 Å². The Morgan fingerprint density at radius 2 is 2.23 bits per heavy atom. The molecule has 0 saturated heterocycles. The molecule has 0 spiro atoms. The number of hydrogen-bond acceptors (Lipinski definition) is 5. The molecule has 0 radical (unpaired) electrons. The summed E-state index contributed by atoms with van der Waals surface area (Å²) in [6.45, 7) is 2.40. The highest BCUT2D eigenvalue weighted by atomic mass is 16.5. The summed E-state index contributed by atoms with van der Waals surface area (Å²) in [6, 6.07) is 0. The number of ether oxygens (including phenoxy) is 1. The minimum Gasteiger partial charge on any atom is -0.476 e. The lowest BCUT2D eigenvalue weighted by molar-refractivity contribution is 0.307. The van der Waals surface area contributed by atoms with Gasteiger partial charge in [-0.1, -0.05) is 6.92 Å². The summed E-state index contributed by atoms with van der Waals surface area (Å²) < 4.78 is 5.11. The van der Waals surface area contributed by atoms with Crippen LogP contribution in [0.4, 0.5) is 11.6 Å². The predicted molar refractivity (Wildman–Crippen MR) is 49.5 cm³/mol. The Kier molecular flexibility index (Phi) is 2.73. The highest BCUT2D eigenvalue weighted by Crippen LogP contribution is 2.12. The van der Waals surface area contributed by atoms with Crippen LogP contribution in [0.3, 0.4) is 0 Å². The van der Waals surface area contributed by atoms with Gasteiger partial charge >= 0.3 is 0 Å². The van der Waals surface area contributed by atoms with Gasteiger partial charge in [-0.3, -0.25) is 9.78 Å². The molecule has 1 aromatic rings. The maximum atomic E-state index is 11.0. The molecule has 0 saturated carbocycles. The number of nitrogens with one attached hydrogen (secondary N) is 1. The van der Waals surface area contributed by atoms with E-state index in [1.165, 1.54) is 0 Å². The number of H-pyrrole nitrogens is 1. The van der Waals surface area contributed by atoms with E-state index in [-0.39, 0.29) is 17.5 Å². The van der Waals surface area contributed by atoms with Gasteiger partial charge in [0.1, 0.15) is 0 Å². The molecule has 6 nitrogen and oxygen atoms in total. The molecule has 0 aliphatic carbocycles. The van der Waals surface area contributed by atoms with Crippen molar-refractivity contribution in [2.24, 2.45) is 0 Å². The minimum absolute atomic E-state index is 0.00491. The van der Waals surface area contributed by atoms with Crippen LogP contribution in [0.2, 0.25) is 0 Å². The molecule has 0 fully saturated rings. The van der Waals surface area contributed by atoms with Crippen molar-refractivity contribution in [2.75, 3.05) is 18.1 Å². The topological polar surface area (TPSA) is 107 Å². The number of anilines is 2. The van der Waals surface area contributed by atoms with Crippen molar-refractivity contribution < 1.29 is 4.74 Å². The zero-order valence-electron chi connectivity index (χ0n) is 7.33. The first-order chi connectivity index (χ1) is 6.15. The number of aromatic nitrogens is 2. The molecule has 1 rings (SSSR count). The van der Waals surface area contributed by atoms with Crippen LogP contribution >= 0.6 is 0 Å². The molecular weight excluding hydrogens is 172 g/mol. The summed E-state index contributed by atoms with van der Waals surface area (Å²) in [5.41, 5.74) is 10.2. The highest BCUT2D eigenvalue weighted by molar-refractivity contribution is 5.47. The predicted octanol–water partition coefficient (Wildman–Crippen LogP) is -0.277. The fourth-order valence-electron chi connectivity index (χ4n) is 0.787. The van der Waals surface area contributed by atoms with Crippen LogP contribution < -0.4 is 21.8 Å². The molecule has 0 aromatic carbocycles. The zero-order chi connectivity index (χ0) is 9.84. The van der Waals surface area contributed by atoms with E-state index in [2.05, 4.69) is 9.97 Å². The van der Waals surface area contributed by atoms with E-state index in [1.807, 2.05) is 6.92 Å². The van der Waals surface area contributed by atoms with Crippen molar-refractivity contribution >= 4 is 11.6 Å². The van der Waals surface area contributed by atoms with Crippen molar-refractivity contribution in [3.63, 3.8) is 0 Å². The molecule has 5 N–H and O–H groups in total. The second kappa shape index (κ2) is 3.79. The SMILES string of the molecule is CCCOc1nc(N)[nH]c(=O)c1N. The molecule has 72 valence electrons. The average Bonchev–Trinajstić information content (AvgIpc) is 2.09. The van der Waals surface area contributed by atoms with E-state index in [0.29, 0.717) is 6.61 Å². The number of nitrogens with two attached hydrogens (primary N) is 2. The molecular formula is C7H12N4O2. The second-order valence-corrected chi connectivity index (χ2v) is 2.52. The summed E-state index contributed by atoms with van der Waals surface area (Å²) in [4.78, 5) is 17.1. The lowest BCUT2D eigenvalue weighted by atomic mass is 10.5. The Bertz CT molecular complexity index is 347. The van der Waals surface area contributed by atoms with Crippen molar-refractivity contribution in [1.82, 2.24) is 9.97 Å². The first-order valence-electron chi connectivity index (χ1n) is 3.93. The third kappa shape index (κ3) is 2.11. The van der Waals surface area contributed by atoms with E-state index in [4.69, 9.17) is 16.2 Å². The van der Waals surface area contributed by atoms with E-state index >= 15 is 0 Å². The van der Waals surface area contributed by atoms with Gasteiger partial charge in [-0.15, -0.1) is 0 Å². The van der Waals surface area contributed by atoms with Gasteiger partial charge in [-0.2, -0.15) is 4.98 Å². The quantitative estimate of drug-likeness (QED) is 0.599. The van der Waals surface area contributed by atoms with Gasteiger partial charge in [0.05, 0.1) is 6.61 Å². The maximum absolute atomic E-state index is 11.0. The fraction of sp³-hybridized carbons (Fsp3) is 0.429. The lowest BCUT2D eigenvalue weighted by Gasteiger charge is -2.05. The Morgan fingerprint density at radius 1 is 1.54 bits per heavy atom. The van der Waals surface area contributed by atoms with Gasteiger partial charge in [0.25, 0.3) is 5.56 Å². The molecule has 13 heavy (non-hydrogen) atoms. The second-order valence-electron chi connectivity index (χ2n) is 2.52. The summed E-state index contributed by atoms with van der Waals surface area (Å²) in [6.07, 6.45) is 0.813. The Labute approximate surface area is 74.9 Å². The molecule has 0 aliphatic heterocycles. The van der Waals surface area contributed by atoms with E-state index in [1.54, 1.807) is 0 Å². The minimum atomic E-state index is -0.474. The number of nitrogens with zero attached hydrogens (tertiary/aromatic N) is 1. The van der Waals surface area contributed by atoms with Crippen molar-refractivity contribution in [3.05, 3.63) is 10.4 Å². The van der Waals surface area contributed by atoms with Gasteiger partial charge in [0, 0.05) is 0 Å². The largest absolute Gasteiger partial charge is 0.476 e. The van der Waals surface area contributed by atoms with Crippen molar-refractivity contribution in [2.45, 2.75) is 13.3 Å². The van der Waals surface area contributed by atoms with Gasteiger partial charge in [-0.05, 0) is 6.42 Å². The van der Waals surface area contributed by atoms with Crippen LogP contribution in [0.25, 0.3) is 0 Å². The van der Waals surface area contributed by atoms with Gasteiger partial charge in [0.2, 0.25) is 11.8 Å². The standard InChI is InChI=1S/C7H12N4O2/c1-2-3-13-6-4(8)5(12)10-7(9)11-6/h2-3,8H2,1H3,(H3,9,10,11,12). The third-order valence-electron chi connectivity index (χ3n) is 1.38. The number of hydrogen-bond donors (Lipinski definition) is 3. The average molecular weight is 184 g/mol. The Balaban J connectivity index is 2.99. The van der Waals surface area contributed by atoms with Gasteiger partial charge in [-0.25, -0.2) is 0 Å². The molecule has 0 amide bonds. The molecule has 0 bridgehead atoms. The summed E-state index contributed by atoms with van der Waals surface area (Å²) >= 11 is 0. The molecule has 0 aliphatic rings.